The zero-order valence-corrected chi connectivity index (χ0v) is 13.9. The van der Waals surface area contributed by atoms with Gasteiger partial charge in [0.1, 0.15) is 5.60 Å². The van der Waals surface area contributed by atoms with Crippen LogP contribution in [0.2, 0.25) is 0 Å². The van der Waals surface area contributed by atoms with Crippen LogP contribution in [0.1, 0.15) is 40.0 Å². The molecule has 0 unspecified atom stereocenters. The smallest absolute Gasteiger partial charge is 0.410 e. The van der Waals surface area contributed by atoms with Crippen molar-refractivity contribution < 1.29 is 13.9 Å². The Kier molecular flexibility index (Phi) is 3.90. The molecule has 2 aliphatic rings. The lowest BCUT2D eigenvalue weighted by Crippen LogP contribution is -2.67. The highest BCUT2D eigenvalue weighted by Crippen LogP contribution is 2.41. The van der Waals surface area contributed by atoms with Gasteiger partial charge in [0.2, 0.25) is 5.95 Å². The summed E-state index contributed by atoms with van der Waals surface area (Å²) in [5.41, 5.74) is -0.711. The van der Waals surface area contributed by atoms with Crippen molar-refractivity contribution in [2.45, 2.75) is 51.2 Å². The number of piperazine rings is 1. The fourth-order valence-corrected chi connectivity index (χ4v) is 3.23. The molecular formula is C16H23FN4O2. The van der Waals surface area contributed by atoms with Gasteiger partial charge in [-0.1, -0.05) is 0 Å². The molecule has 1 aromatic rings. The Hall–Kier alpha value is -1.92. The molecule has 126 valence electrons. The Morgan fingerprint density at radius 1 is 1.26 bits per heavy atom. The zero-order chi connectivity index (χ0) is 16.7. The van der Waals surface area contributed by atoms with Crippen LogP contribution in [0.15, 0.2) is 12.4 Å². The van der Waals surface area contributed by atoms with Crippen LogP contribution in [0.4, 0.5) is 15.1 Å². The van der Waals surface area contributed by atoms with Crippen molar-refractivity contribution in [3.8, 4) is 0 Å². The van der Waals surface area contributed by atoms with E-state index >= 15 is 0 Å². The second-order valence-corrected chi connectivity index (χ2v) is 7.33. The first kappa shape index (κ1) is 16.0. The summed E-state index contributed by atoms with van der Waals surface area (Å²) >= 11 is 0. The summed E-state index contributed by atoms with van der Waals surface area (Å²) in [6.07, 6.45) is 5.09. The number of hydrogen-bond donors (Lipinski definition) is 0. The summed E-state index contributed by atoms with van der Waals surface area (Å²) in [5, 5.41) is 0. The molecule has 0 atom stereocenters. The lowest BCUT2D eigenvalue weighted by atomic mass is 9.74. The Bertz CT molecular complexity index is 581. The number of amides is 1. The van der Waals surface area contributed by atoms with Gasteiger partial charge in [-0.05, 0) is 40.0 Å². The molecule has 6 nitrogen and oxygen atoms in total. The van der Waals surface area contributed by atoms with E-state index in [1.807, 2.05) is 30.6 Å². The summed E-state index contributed by atoms with van der Waals surface area (Å²) in [7, 11) is 0. The largest absolute Gasteiger partial charge is 0.444 e. The van der Waals surface area contributed by atoms with E-state index in [1.165, 1.54) is 12.4 Å². The SMILES string of the molecule is CC(C)(C)OC(=O)N1CCN(c2ncc(F)cn2)CC12CCC2. The van der Waals surface area contributed by atoms with Crippen LogP contribution in [0.25, 0.3) is 0 Å². The number of carbonyl (C=O) groups excluding carboxylic acids is 1. The zero-order valence-electron chi connectivity index (χ0n) is 13.9. The molecule has 1 aliphatic heterocycles. The molecule has 1 saturated carbocycles. The van der Waals surface area contributed by atoms with Crippen molar-refractivity contribution >= 4 is 12.0 Å². The van der Waals surface area contributed by atoms with Crippen molar-refractivity contribution in [3.05, 3.63) is 18.2 Å². The van der Waals surface area contributed by atoms with E-state index in [0.29, 0.717) is 25.6 Å². The molecule has 7 heteroatoms. The molecule has 0 bridgehead atoms. The van der Waals surface area contributed by atoms with Gasteiger partial charge in [-0.15, -0.1) is 0 Å². The third-order valence-electron chi connectivity index (χ3n) is 4.44. The average molecular weight is 322 g/mol. The van der Waals surface area contributed by atoms with E-state index in [4.69, 9.17) is 4.74 Å². The van der Waals surface area contributed by atoms with Crippen molar-refractivity contribution in [2.24, 2.45) is 0 Å². The van der Waals surface area contributed by atoms with Crippen LogP contribution in [0, 0.1) is 5.82 Å². The maximum atomic E-state index is 13.0. The average Bonchev–Trinajstić information content (AvgIpc) is 2.44. The molecule has 0 radical (unpaired) electrons. The summed E-state index contributed by atoms with van der Waals surface area (Å²) in [5.74, 6) is 0.0704. The van der Waals surface area contributed by atoms with Crippen LogP contribution in [-0.2, 0) is 4.74 Å². The van der Waals surface area contributed by atoms with E-state index in [0.717, 1.165) is 19.3 Å². The third kappa shape index (κ3) is 3.23. The first-order chi connectivity index (χ1) is 10.8. The van der Waals surface area contributed by atoms with Crippen molar-refractivity contribution in [1.29, 1.82) is 0 Å². The first-order valence-corrected chi connectivity index (χ1v) is 8.02. The minimum absolute atomic E-state index is 0.210. The number of anilines is 1. The lowest BCUT2D eigenvalue weighted by molar-refractivity contribution is -0.0312. The number of nitrogens with zero attached hydrogens (tertiary/aromatic N) is 4. The number of carbonyl (C=O) groups is 1. The molecular weight excluding hydrogens is 299 g/mol. The molecule has 2 heterocycles. The molecule has 1 saturated heterocycles. The monoisotopic (exact) mass is 322 g/mol. The summed E-state index contributed by atoms with van der Waals surface area (Å²) in [6.45, 7) is 7.48. The van der Waals surface area contributed by atoms with Crippen LogP contribution >= 0.6 is 0 Å². The van der Waals surface area contributed by atoms with Gasteiger partial charge in [0.05, 0.1) is 17.9 Å². The number of aromatic nitrogens is 2. The van der Waals surface area contributed by atoms with Crippen molar-refractivity contribution in [2.75, 3.05) is 24.5 Å². The van der Waals surface area contributed by atoms with Crippen LogP contribution in [-0.4, -0.2) is 51.7 Å². The molecule has 0 aromatic carbocycles. The fraction of sp³-hybridized carbons (Fsp3) is 0.688. The van der Waals surface area contributed by atoms with E-state index in [-0.39, 0.29) is 11.6 Å². The number of halogens is 1. The van der Waals surface area contributed by atoms with Gasteiger partial charge < -0.3 is 9.64 Å². The van der Waals surface area contributed by atoms with Gasteiger partial charge in [-0.25, -0.2) is 19.2 Å². The molecule has 1 amide bonds. The third-order valence-corrected chi connectivity index (χ3v) is 4.44. The maximum absolute atomic E-state index is 13.0. The fourth-order valence-electron chi connectivity index (χ4n) is 3.23. The highest BCUT2D eigenvalue weighted by atomic mass is 19.1. The quantitative estimate of drug-likeness (QED) is 0.795. The van der Waals surface area contributed by atoms with Crippen LogP contribution < -0.4 is 4.90 Å². The van der Waals surface area contributed by atoms with Gasteiger partial charge in [0.25, 0.3) is 0 Å². The van der Waals surface area contributed by atoms with Gasteiger partial charge >= 0.3 is 6.09 Å². The van der Waals surface area contributed by atoms with Crippen molar-refractivity contribution in [1.82, 2.24) is 14.9 Å². The molecule has 1 aliphatic carbocycles. The second-order valence-electron chi connectivity index (χ2n) is 7.33. The van der Waals surface area contributed by atoms with E-state index in [2.05, 4.69) is 9.97 Å². The predicted octanol–water partition coefficient (Wildman–Crippen LogP) is 2.60. The van der Waals surface area contributed by atoms with Crippen LogP contribution in [0.3, 0.4) is 0 Å². The minimum atomic E-state index is -0.501. The highest BCUT2D eigenvalue weighted by molar-refractivity contribution is 5.70. The van der Waals surface area contributed by atoms with Gasteiger partial charge in [0, 0.05) is 19.6 Å². The Morgan fingerprint density at radius 3 is 2.43 bits per heavy atom. The summed E-state index contributed by atoms with van der Waals surface area (Å²) in [6, 6.07) is 0. The van der Waals surface area contributed by atoms with E-state index in [1.54, 1.807) is 0 Å². The molecule has 0 N–H and O–H groups in total. The summed E-state index contributed by atoms with van der Waals surface area (Å²) in [4.78, 5) is 24.5. The Morgan fingerprint density at radius 2 is 1.91 bits per heavy atom. The van der Waals surface area contributed by atoms with Gasteiger partial charge in [-0.3, -0.25) is 4.90 Å². The highest BCUT2D eigenvalue weighted by Gasteiger charge is 2.50. The molecule has 23 heavy (non-hydrogen) atoms. The number of hydrogen-bond acceptors (Lipinski definition) is 5. The maximum Gasteiger partial charge on any atom is 0.410 e. The lowest BCUT2D eigenvalue weighted by Gasteiger charge is -2.55. The van der Waals surface area contributed by atoms with E-state index < -0.39 is 11.4 Å². The topological polar surface area (TPSA) is 58.6 Å². The Labute approximate surface area is 135 Å². The molecule has 2 fully saturated rings. The van der Waals surface area contributed by atoms with E-state index in [9.17, 15) is 9.18 Å². The van der Waals surface area contributed by atoms with Gasteiger partial charge in [-0.2, -0.15) is 0 Å². The van der Waals surface area contributed by atoms with Crippen LogP contribution in [0.5, 0.6) is 0 Å². The molecule has 3 rings (SSSR count). The molecule has 1 aromatic heterocycles. The Balaban J connectivity index is 1.75. The number of rotatable bonds is 1. The summed E-state index contributed by atoms with van der Waals surface area (Å²) < 4.78 is 18.5. The second kappa shape index (κ2) is 5.62. The normalized spacial score (nSPS) is 20.3. The molecule has 1 spiro atoms. The first-order valence-electron chi connectivity index (χ1n) is 8.02. The number of ether oxygens (including phenoxy) is 1. The van der Waals surface area contributed by atoms with Crippen molar-refractivity contribution in [3.63, 3.8) is 0 Å². The van der Waals surface area contributed by atoms with Gasteiger partial charge in [0.15, 0.2) is 5.82 Å². The predicted molar refractivity (Wildman–Crippen MR) is 83.7 cm³/mol. The minimum Gasteiger partial charge on any atom is -0.444 e. The standard InChI is InChI=1S/C16H23FN4O2/c1-15(2,3)23-14(22)21-8-7-20(11-16(21)5-4-6-16)13-18-9-12(17)10-19-13/h9-10H,4-8,11H2,1-3H3.